The second-order valence-electron chi connectivity index (χ2n) is 22.3. The predicted octanol–water partition coefficient (Wildman–Crippen LogP) is 10.0. The van der Waals surface area contributed by atoms with Gasteiger partial charge in [-0.1, -0.05) is 96.5 Å². The van der Waals surface area contributed by atoms with Crippen molar-refractivity contribution in [3.05, 3.63) is 75.9 Å². The van der Waals surface area contributed by atoms with Crippen LogP contribution in [0.25, 0.3) is 0 Å². The molecule has 0 saturated heterocycles. The van der Waals surface area contributed by atoms with Crippen LogP contribution in [0.4, 0.5) is 0 Å². The van der Waals surface area contributed by atoms with Crippen molar-refractivity contribution in [3.8, 4) is 0 Å². The zero-order valence-corrected chi connectivity index (χ0v) is 106. The normalized spacial score (nSPS) is 13.6. The Morgan fingerprint density at radius 2 is 0.328 bits per heavy atom. The maximum Gasteiger partial charge on any atom is 0.330 e. The van der Waals surface area contributed by atoms with E-state index >= 15 is 0 Å². The zero-order valence-electron chi connectivity index (χ0n) is 63.6. The van der Waals surface area contributed by atoms with Crippen LogP contribution in [-0.2, 0) is 347 Å². The van der Waals surface area contributed by atoms with E-state index in [9.17, 15) is 57.5 Å². The minimum atomic E-state index is -1.49. The average Bonchev–Trinajstić information content (AvgIpc) is 0.838. The third kappa shape index (κ3) is 75.0. The Bertz CT molecular complexity index is 2400. The number of rotatable bonds is 62. The maximum absolute atomic E-state index is 13.6. The third-order valence-corrected chi connectivity index (χ3v) is 36.6. The van der Waals surface area contributed by atoms with Crippen LogP contribution in [0.1, 0.15) is 7.43 Å². The van der Waals surface area contributed by atoms with E-state index in [0.717, 1.165) is 36.5 Å². The molecule has 30 unspecified atom stereocenters. The summed E-state index contributed by atoms with van der Waals surface area (Å²) in [7, 11) is 35.3. The Morgan fingerprint density at radius 1 is 0.218 bits per heavy atom. The molecule has 0 amide bonds. The van der Waals surface area contributed by atoms with Crippen molar-refractivity contribution >= 4 is 278 Å². The van der Waals surface area contributed by atoms with E-state index in [4.69, 9.17) is 66.3 Å². The summed E-state index contributed by atoms with van der Waals surface area (Å²) in [4.78, 5) is 152. The van der Waals surface area contributed by atoms with Gasteiger partial charge in [-0.2, -0.15) is 0 Å². The van der Waals surface area contributed by atoms with Crippen LogP contribution in [-0.4, -0.2) is 248 Å². The van der Waals surface area contributed by atoms with E-state index < -0.39 is 180 Å². The molecule has 0 aliphatic rings. The average molecular weight is 2560 g/mol. The standard InChI is InChI=1S/C28H70O13P24.C28H34O13.CH4.12V/c29-21(15(60-48)1-54-42)36-9-27(10-37-22(30)16(61-49)2-55-43,11-38-23(31)17(62-50)3-56-44)7-35-8-28(12-39-24(32)18(63-51)4-57-45,13-40-25(33)19(64-52)5-58-46)14-41-26(34)20(65-53)6-59-47;1-7-21(29)36-15-27(16-37-22(30)8-2,17-38-23(31)9-3)13-35-14-28(18-39-24(32)10-4,19-40-25(33)11-5)20-41-26(34)12-6;;;;;;;;;;;;;/h15-20,54-65H,1-14,42-53H2;7-12H,1-6,13-20H2;1H4;;;;;;;;;;;;. The summed E-state index contributed by atoms with van der Waals surface area (Å²) < 4.78 is 79.4. The van der Waals surface area contributed by atoms with Crippen molar-refractivity contribution in [2.75, 3.05) is 143 Å². The minimum absolute atomic E-state index is 0. The molecule has 30 atom stereocenters. The van der Waals surface area contributed by atoms with E-state index in [1.54, 1.807) is 0 Å². The van der Waals surface area contributed by atoms with Gasteiger partial charge in [0.1, 0.15) is 79.3 Å². The number of carbonyl (C=O) groups excluding carboxylic acids is 12. The molecule has 0 aromatic carbocycles. The molecular weight excluding hydrogens is 2460 g/mol. The Morgan fingerprint density at radius 3 is 0.420 bits per heavy atom. The van der Waals surface area contributed by atoms with Gasteiger partial charge < -0.3 is 66.3 Å². The third-order valence-electron chi connectivity index (χ3n) is 13.7. The summed E-state index contributed by atoms with van der Waals surface area (Å²) in [6.45, 7) is 13.6. The topological polar surface area (TPSA) is 334 Å². The van der Waals surface area contributed by atoms with Crippen LogP contribution in [0.3, 0.4) is 0 Å². The number of esters is 12. The van der Waals surface area contributed by atoms with Gasteiger partial charge in [0.05, 0.1) is 82.0 Å². The largest absolute Gasteiger partial charge is 0.464 e. The number of ether oxygens (including phenoxy) is 14. The first-order valence-corrected chi connectivity index (χ1v) is 66.3. The predicted molar refractivity (Wildman–Crippen MR) is 499 cm³/mol. The van der Waals surface area contributed by atoms with Gasteiger partial charge in [-0.25, -0.2) is 28.8 Å². The van der Waals surface area contributed by atoms with Gasteiger partial charge >= 0.3 is 71.6 Å². The minimum Gasteiger partial charge on any atom is -0.464 e. The van der Waals surface area contributed by atoms with Gasteiger partial charge in [-0.05, 0) is 37.0 Å². The molecule has 0 aromatic rings. The summed E-state index contributed by atoms with van der Waals surface area (Å²) in [6, 6.07) is 0. The van der Waals surface area contributed by atoms with Crippen LogP contribution < -0.4 is 0 Å². The molecule has 62 heteroatoms. The second-order valence-corrected chi connectivity index (χ2v) is 46.7. The molecule has 0 rings (SSSR count). The summed E-state index contributed by atoms with van der Waals surface area (Å²) in [5, 5.41) is 0. The fraction of sp³-hybridized carbons (Fsp3) is 0.579. The maximum atomic E-state index is 13.6. The van der Waals surface area contributed by atoms with E-state index in [1.807, 2.05) is 0 Å². The van der Waals surface area contributed by atoms with Crippen molar-refractivity contribution in [1.29, 1.82) is 0 Å². The molecular formula is C57H108O26P24V12. The fourth-order valence-corrected chi connectivity index (χ4v) is 33.6. The molecule has 0 spiro atoms. The van der Waals surface area contributed by atoms with Crippen LogP contribution in [0.5, 0.6) is 0 Å². The van der Waals surface area contributed by atoms with E-state index in [-0.39, 0.29) is 333 Å². The van der Waals surface area contributed by atoms with Crippen molar-refractivity contribution in [1.82, 2.24) is 0 Å². The van der Waals surface area contributed by atoms with E-state index in [1.165, 1.54) is 0 Å². The molecule has 12 radical (unpaired) electrons. The van der Waals surface area contributed by atoms with Crippen molar-refractivity contribution in [2.24, 2.45) is 21.7 Å². The monoisotopic (exact) mass is 2560 g/mol. The van der Waals surface area contributed by atoms with Crippen molar-refractivity contribution < 1.29 is 347 Å². The first-order valence-electron chi connectivity index (χ1n) is 30.9. The van der Waals surface area contributed by atoms with Gasteiger partial charge in [0, 0.05) is 259 Å². The first-order chi connectivity index (χ1) is 50.6. The van der Waals surface area contributed by atoms with E-state index in [0.29, 0.717) is 86.6 Å². The zero-order chi connectivity index (χ0) is 80.6. The second kappa shape index (κ2) is 102. The van der Waals surface area contributed by atoms with E-state index in [2.05, 4.69) is 147 Å². The summed E-state index contributed by atoms with van der Waals surface area (Å²) in [5.74, 6) is -7.69. The summed E-state index contributed by atoms with van der Waals surface area (Å²) in [6.07, 6.45) is 8.89. The first kappa shape index (κ1) is 162. The molecule has 0 aliphatic carbocycles. The molecule has 119 heavy (non-hydrogen) atoms. The van der Waals surface area contributed by atoms with Gasteiger partial charge in [-0.15, -0.1) is 157 Å². The Hall–Kier alpha value is 9.33. The van der Waals surface area contributed by atoms with Crippen LogP contribution in [0, 0.1) is 21.7 Å². The van der Waals surface area contributed by atoms with Crippen molar-refractivity contribution in [2.45, 2.75) is 41.4 Å². The Labute approximate surface area is 894 Å². The molecule has 0 heterocycles. The van der Waals surface area contributed by atoms with Crippen LogP contribution in [0.2, 0.25) is 0 Å². The SMILES string of the molecule is C.C=CC(=O)OCC(COCC(COC(=O)C=C)(COC(=O)C=C)COC(=O)C=C)(COC(=O)C=C)COC(=O)C=C.O=C(OCC(COCC(COC(=O)C(CPP)PP)(COC(=O)C(CPP)PP)COC(=O)C(CPP)PP)(COC(=O)C(CPP)PP)COC(=O)C(CPP)PP)C(CPP)PP.[V].[V].[V].[V].[V].[V].[V].[V].[V].[V].[V].[V]. The van der Waals surface area contributed by atoms with Crippen LogP contribution in [0.15, 0.2) is 75.9 Å². The fourth-order valence-electron chi connectivity index (χ4n) is 7.58. The number of hydrogen-bond acceptors (Lipinski definition) is 26. The molecule has 0 saturated carbocycles. The van der Waals surface area contributed by atoms with Crippen LogP contribution >= 0.6 is 206 Å². The van der Waals surface area contributed by atoms with Gasteiger partial charge in [-0.3, -0.25) is 28.8 Å². The molecule has 26 nitrogen and oxygen atoms in total. The molecule has 0 bridgehead atoms. The summed E-state index contributed by atoms with van der Waals surface area (Å²) >= 11 is 0. The summed E-state index contributed by atoms with van der Waals surface area (Å²) in [5.41, 5.74) is -8.16. The molecule has 0 aliphatic heterocycles. The number of carbonyl (C=O) groups is 12. The molecule has 0 N–H and O–H groups in total. The molecule has 0 aromatic heterocycles. The van der Waals surface area contributed by atoms with Gasteiger partial charge in [0.2, 0.25) is 0 Å². The smallest absolute Gasteiger partial charge is 0.330 e. The quantitative estimate of drug-likeness (QED) is 0.0236. The number of hydrogen-bond donors (Lipinski definition) is 0. The van der Waals surface area contributed by atoms with Gasteiger partial charge in [0.25, 0.3) is 0 Å². The Kier molecular flexibility index (Phi) is 138. The van der Waals surface area contributed by atoms with Crippen molar-refractivity contribution in [3.63, 3.8) is 0 Å². The van der Waals surface area contributed by atoms with Gasteiger partial charge in [0.15, 0.2) is 0 Å². The Balaban J connectivity index is -0.000000136. The molecule has 672 valence electrons. The molecule has 0 fully saturated rings.